The normalized spacial score (nSPS) is 18.4. The van der Waals surface area contributed by atoms with Gasteiger partial charge in [-0.2, -0.15) is 5.26 Å². The van der Waals surface area contributed by atoms with Gasteiger partial charge >= 0.3 is 0 Å². The minimum absolute atomic E-state index is 0.0353. The Bertz CT molecular complexity index is 1230. The number of carbonyl (C=O) groups excluding carboxylic acids is 2. The minimum atomic E-state index is -0.706. The second-order valence-corrected chi connectivity index (χ2v) is 12.8. The Kier molecular flexibility index (Phi) is 12.0. The zero-order chi connectivity index (χ0) is 30.9. The molecule has 0 aliphatic carbocycles. The molecule has 2 aliphatic heterocycles. The lowest BCUT2D eigenvalue weighted by Crippen LogP contribution is -2.60. The summed E-state index contributed by atoms with van der Waals surface area (Å²) in [5, 5.41) is 17.8. The summed E-state index contributed by atoms with van der Waals surface area (Å²) in [6.45, 7) is 11.0. The van der Waals surface area contributed by atoms with E-state index < -0.39 is 12.1 Å². The van der Waals surface area contributed by atoms with Gasteiger partial charge in [-0.3, -0.25) is 9.59 Å². The maximum Gasteiger partial charge on any atom is 0.245 e. The Morgan fingerprint density at radius 3 is 2.23 bits per heavy atom. The monoisotopic (exact) mass is 607 g/mol. The van der Waals surface area contributed by atoms with E-state index in [1.807, 2.05) is 17.0 Å². The van der Waals surface area contributed by atoms with Gasteiger partial charge in [-0.1, -0.05) is 49.7 Å². The van der Waals surface area contributed by atoms with Crippen molar-refractivity contribution in [2.75, 3.05) is 52.9 Å². The van der Waals surface area contributed by atoms with Crippen molar-refractivity contribution in [2.45, 2.75) is 57.7 Å². The first-order valence-corrected chi connectivity index (χ1v) is 15.8. The van der Waals surface area contributed by atoms with Gasteiger partial charge in [0.25, 0.3) is 0 Å². The van der Waals surface area contributed by atoms with Gasteiger partial charge in [0.05, 0.1) is 11.6 Å². The van der Waals surface area contributed by atoms with Crippen LogP contribution in [0.2, 0.25) is 5.02 Å². The summed E-state index contributed by atoms with van der Waals surface area (Å²) in [5.41, 5.74) is 8.56. The van der Waals surface area contributed by atoms with Crippen molar-refractivity contribution < 1.29 is 9.59 Å². The van der Waals surface area contributed by atoms with E-state index in [-0.39, 0.29) is 18.2 Å². The van der Waals surface area contributed by atoms with Crippen LogP contribution in [0, 0.1) is 17.2 Å². The van der Waals surface area contributed by atoms with Crippen molar-refractivity contribution in [3.63, 3.8) is 0 Å². The second kappa shape index (κ2) is 15.6. The highest BCUT2D eigenvalue weighted by Gasteiger charge is 2.34. The van der Waals surface area contributed by atoms with E-state index in [0.29, 0.717) is 42.1 Å². The number of rotatable bonds is 11. The van der Waals surface area contributed by atoms with Crippen LogP contribution in [0.15, 0.2) is 48.5 Å². The molecule has 0 saturated carbocycles. The Hall–Kier alpha value is -3.00. The van der Waals surface area contributed by atoms with Crippen molar-refractivity contribution in [2.24, 2.45) is 11.7 Å². The lowest BCUT2D eigenvalue weighted by atomic mass is 9.99. The predicted octanol–water partition coefficient (Wildman–Crippen LogP) is 3.44. The third-order valence-electron chi connectivity index (χ3n) is 8.45. The van der Waals surface area contributed by atoms with Crippen LogP contribution in [0.4, 0.5) is 0 Å². The van der Waals surface area contributed by atoms with Crippen LogP contribution in [0.5, 0.6) is 0 Å². The Labute approximate surface area is 261 Å². The number of hydrogen-bond donors (Lipinski definition) is 2. The SMILES string of the molecule is CC(C)CN(C1CCN(C(=O)[C@@H](Cc2ccc(Cl)cc2)NC(=O)CC(N)c2ccc(C#N)cc2)CC1)N1CCN(C)CC1. The molecule has 1 unspecified atom stereocenters. The molecule has 232 valence electrons. The smallest absolute Gasteiger partial charge is 0.245 e. The highest BCUT2D eigenvalue weighted by atomic mass is 35.5. The molecule has 0 bridgehead atoms. The molecule has 0 aromatic heterocycles. The summed E-state index contributed by atoms with van der Waals surface area (Å²) >= 11 is 6.10. The maximum atomic E-state index is 13.9. The number of nitrogens with zero attached hydrogens (tertiary/aromatic N) is 5. The lowest BCUT2D eigenvalue weighted by molar-refractivity contribution is -0.140. The highest BCUT2D eigenvalue weighted by Crippen LogP contribution is 2.23. The zero-order valence-corrected chi connectivity index (χ0v) is 26.5. The van der Waals surface area contributed by atoms with Gasteiger partial charge in [-0.25, -0.2) is 10.0 Å². The Morgan fingerprint density at radius 2 is 1.65 bits per heavy atom. The molecule has 3 N–H and O–H groups in total. The molecular formula is C33H46ClN7O2. The molecule has 2 saturated heterocycles. The summed E-state index contributed by atoms with van der Waals surface area (Å²) in [4.78, 5) is 31.4. The summed E-state index contributed by atoms with van der Waals surface area (Å²) in [6.07, 6.45) is 2.20. The first kappa shape index (κ1) is 32.9. The molecule has 2 atom stereocenters. The van der Waals surface area contributed by atoms with Crippen LogP contribution >= 0.6 is 11.6 Å². The van der Waals surface area contributed by atoms with Crippen LogP contribution in [-0.2, 0) is 16.0 Å². The number of hydrogen-bond acceptors (Lipinski definition) is 7. The largest absolute Gasteiger partial charge is 0.344 e. The van der Waals surface area contributed by atoms with E-state index in [2.05, 4.69) is 47.2 Å². The molecule has 2 aromatic carbocycles. The number of benzene rings is 2. The van der Waals surface area contributed by atoms with Gasteiger partial charge < -0.3 is 20.9 Å². The van der Waals surface area contributed by atoms with E-state index in [1.54, 1.807) is 36.4 Å². The van der Waals surface area contributed by atoms with Crippen LogP contribution in [0.1, 0.15) is 55.8 Å². The fourth-order valence-electron chi connectivity index (χ4n) is 5.96. The number of piperidine rings is 1. The molecule has 0 radical (unpaired) electrons. The van der Waals surface area contributed by atoms with Crippen LogP contribution in [0.3, 0.4) is 0 Å². The van der Waals surface area contributed by atoms with E-state index in [4.69, 9.17) is 22.6 Å². The average molecular weight is 608 g/mol. The van der Waals surface area contributed by atoms with Gasteiger partial charge in [0.15, 0.2) is 0 Å². The fraction of sp³-hybridized carbons (Fsp3) is 0.545. The van der Waals surface area contributed by atoms with Crippen molar-refractivity contribution in [3.8, 4) is 6.07 Å². The highest BCUT2D eigenvalue weighted by molar-refractivity contribution is 6.30. The molecule has 9 nitrogen and oxygen atoms in total. The third kappa shape index (κ3) is 9.49. The molecule has 2 aromatic rings. The summed E-state index contributed by atoms with van der Waals surface area (Å²) in [7, 11) is 2.17. The first-order chi connectivity index (χ1) is 20.6. The number of likely N-dealkylation sites (tertiary alicyclic amines) is 1. The topological polar surface area (TPSA) is 109 Å². The number of carbonyl (C=O) groups is 2. The Morgan fingerprint density at radius 1 is 1.02 bits per heavy atom. The molecule has 0 spiro atoms. The van der Waals surface area contributed by atoms with E-state index in [1.165, 1.54) is 0 Å². The number of nitrogens with two attached hydrogens (primary N) is 1. The zero-order valence-electron chi connectivity index (χ0n) is 25.7. The van der Waals surface area contributed by atoms with Crippen molar-refractivity contribution in [1.82, 2.24) is 25.1 Å². The standard InChI is InChI=1S/C33H46ClN7O2/c1-24(2)23-41(40-18-16-38(3)17-19-40)29-12-14-39(15-13-29)33(43)31(20-25-6-10-28(34)11-7-25)37-32(42)21-30(36)27-8-4-26(22-35)5-9-27/h4-11,24,29-31H,12-21,23,36H2,1-3H3,(H,37,42)/t30?,31-/m1/s1. The van der Waals surface area contributed by atoms with Crippen molar-refractivity contribution >= 4 is 23.4 Å². The average Bonchev–Trinajstić information content (AvgIpc) is 3.00. The van der Waals surface area contributed by atoms with Gasteiger partial charge in [-0.15, -0.1) is 0 Å². The number of likely N-dealkylation sites (N-methyl/N-ethyl adjacent to an activating group) is 1. The van der Waals surface area contributed by atoms with Gasteiger partial charge in [-0.05, 0) is 61.2 Å². The first-order valence-electron chi connectivity index (χ1n) is 15.4. The molecular weight excluding hydrogens is 562 g/mol. The third-order valence-corrected chi connectivity index (χ3v) is 8.70. The summed E-state index contributed by atoms with van der Waals surface area (Å²) < 4.78 is 0. The van der Waals surface area contributed by atoms with Crippen molar-refractivity contribution in [3.05, 3.63) is 70.2 Å². The fourth-order valence-corrected chi connectivity index (χ4v) is 6.09. The maximum absolute atomic E-state index is 13.9. The number of hydrazine groups is 1. The minimum Gasteiger partial charge on any atom is -0.344 e. The summed E-state index contributed by atoms with van der Waals surface area (Å²) in [5.74, 6) is 0.204. The van der Waals surface area contributed by atoms with Gasteiger partial charge in [0, 0.05) is 75.8 Å². The molecule has 2 aliphatic rings. The van der Waals surface area contributed by atoms with Crippen LogP contribution in [-0.4, -0.2) is 96.6 Å². The predicted molar refractivity (Wildman–Crippen MR) is 170 cm³/mol. The van der Waals surface area contributed by atoms with Crippen LogP contribution < -0.4 is 11.1 Å². The molecule has 10 heteroatoms. The second-order valence-electron chi connectivity index (χ2n) is 12.3. The van der Waals surface area contributed by atoms with E-state index >= 15 is 0 Å². The number of halogens is 1. The number of nitriles is 1. The van der Waals surface area contributed by atoms with E-state index in [9.17, 15) is 9.59 Å². The van der Waals surface area contributed by atoms with Gasteiger partial charge in [0.2, 0.25) is 11.8 Å². The quantitative estimate of drug-likeness (QED) is 0.403. The van der Waals surface area contributed by atoms with Crippen LogP contribution in [0.25, 0.3) is 0 Å². The molecule has 2 fully saturated rings. The molecule has 4 rings (SSSR count). The lowest BCUT2D eigenvalue weighted by Gasteiger charge is -2.47. The molecule has 2 heterocycles. The van der Waals surface area contributed by atoms with Crippen molar-refractivity contribution in [1.29, 1.82) is 5.26 Å². The Balaban J connectivity index is 1.41. The summed E-state index contributed by atoms with van der Waals surface area (Å²) in [6, 6.07) is 15.5. The number of piperazine rings is 1. The number of amides is 2. The van der Waals surface area contributed by atoms with Gasteiger partial charge in [0.1, 0.15) is 6.04 Å². The molecule has 43 heavy (non-hydrogen) atoms. The van der Waals surface area contributed by atoms with E-state index in [0.717, 1.165) is 56.7 Å². The molecule has 2 amide bonds. The number of nitrogens with one attached hydrogen (secondary N) is 1.